The van der Waals surface area contributed by atoms with E-state index in [-0.39, 0.29) is 24.8 Å². The highest BCUT2D eigenvalue weighted by Crippen LogP contribution is 2.27. The lowest BCUT2D eigenvalue weighted by Gasteiger charge is -2.22. The molecule has 0 spiro atoms. The van der Waals surface area contributed by atoms with Gasteiger partial charge in [0, 0.05) is 11.8 Å². The highest BCUT2D eigenvalue weighted by Gasteiger charge is 2.26. The van der Waals surface area contributed by atoms with Crippen LogP contribution in [0.2, 0.25) is 0 Å². The lowest BCUT2D eigenvalue weighted by atomic mass is 9.85. The number of aliphatic carboxylic acids is 1. The third-order valence-corrected chi connectivity index (χ3v) is 3.52. The molecule has 2 N–H and O–H groups in total. The molecule has 0 aliphatic carbocycles. The van der Waals surface area contributed by atoms with E-state index in [9.17, 15) is 9.59 Å². The fourth-order valence-corrected chi connectivity index (χ4v) is 2.49. The van der Waals surface area contributed by atoms with Gasteiger partial charge < -0.3 is 14.8 Å². The van der Waals surface area contributed by atoms with Gasteiger partial charge in [-0.2, -0.15) is 0 Å². The van der Waals surface area contributed by atoms with Crippen molar-refractivity contribution in [3.05, 3.63) is 36.1 Å². The molecule has 0 fully saturated rings. The summed E-state index contributed by atoms with van der Waals surface area (Å²) in [5, 5.41) is 12.7. The maximum atomic E-state index is 12.1. The number of carbonyl (C=O) groups is 2. The number of carbonyl (C=O) groups excluding carboxylic acids is 1. The summed E-state index contributed by atoms with van der Waals surface area (Å²) in [6.07, 6.45) is 0.114. The summed E-state index contributed by atoms with van der Waals surface area (Å²) in [4.78, 5) is 22.9. The van der Waals surface area contributed by atoms with Crippen LogP contribution in [0.1, 0.15) is 45.4 Å². The topological polar surface area (TPSA) is 79.5 Å². The monoisotopic (exact) mass is 303 g/mol. The molecule has 1 aromatic heterocycles. The van der Waals surface area contributed by atoms with Gasteiger partial charge >= 0.3 is 5.97 Å². The minimum absolute atomic E-state index is 0.0422. The minimum atomic E-state index is -0.900. The number of rotatable bonds is 6. The first kappa shape index (κ1) is 16.1. The van der Waals surface area contributed by atoms with Crippen molar-refractivity contribution < 1.29 is 19.1 Å². The normalized spacial score (nSPS) is 13.0. The van der Waals surface area contributed by atoms with Gasteiger partial charge in [-0.25, -0.2) is 0 Å². The molecular weight excluding hydrogens is 282 g/mol. The SMILES string of the molecule is C[C@@H](NC(=O)CC(C)(C)CC(=O)O)c1cc2ccccc2o1. The summed E-state index contributed by atoms with van der Waals surface area (Å²) in [5.41, 5.74) is 0.202. The Balaban J connectivity index is 2.00. The van der Waals surface area contributed by atoms with E-state index >= 15 is 0 Å². The zero-order chi connectivity index (χ0) is 16.3. The van der Waals surface area contributed by atoms with Crippen LogP contribution in [0.5, 0.6) is 0 Å². The number of carboxylic acids is 1. The molecule has 2 rings (SSSR count). The van der Waals surface area contributed by atoms with E-state index in [1.54, 1.807) is 13.8 Å². The lowest BCUT2D eigenvalue weighted by Crippen LogP contribution is -2.31. The van der Waals surface area contributed by atoms with Crippen molar-refractivity contribution in [2.45, 2.75) is 39.7 Å². The molecule has 0 radical (unpaired) electrons. The Kier molecular flexibility index (Phi) is 4.54. The third-order valence-electron chi connectivity index (χ3n) is 3.52. The fourth-order valence-electron chi connectivity index (χ4n) is 2.49. The highest BCUT2D eigenvalue weighted by molar-refractivity contribution is 5.80. The summed E-state index contributed by atoms with van der Waals surface area (Å²) in [6, 6.07) is 9.30. The predicted octanol–water partition coefficient (Wildman–Crippen LogP) is 3.50. The molecule has 118 valence electrons. The van der Waals surface area contributed by atoms with Gasteiger partial charge in [-0.3, -0.25) is 9.59 Å². The second-order valence-corrected chi connectivity index (χ2v) is 6.39. The van der Waals surface area contributed by atoms with Crippen LogP contribution in [0.3, 0.4) is 0 Å². The molecule has 1 heterocycles. The van der Waals surface area contributed by atoms with Crippen molar-refractivity contribution in [3.8, 4) is 0 Å². The van der Waals surface area contributed by atoms with Gasteiger partial charge in [0.15, 0.2) is 0 Å². The molecule has 1 atom stereocenters. The van der Waals surface area contributed by atoms with Crippen LogP contribution < -0.4 is 5.32 Å². The second-order valence-electron chi connectivity index (χ2n) is 6.39. The molecule has 0 aliphatic rings. The highest BCUT2D eigenvalue weighted by atomic mass is 16.4. The fraction of sp³-hybridized carbons (Fsp3) is 0.412. The number of furan rings is 1. The molecule has 22 heavy (non-hydrogen) atoms. The van der Waals surface area contributed by atoms with Gasteiger partial charge in [0.25, 0.3) is 0 Å². The Morgan fingerprint density at radius 1 is 1.27 bits per heavy atom. The number of amides is 1. The zero-order valence-electron chi connectivity index (χ0n) is 13.1. The lowest BCUT2D eigenvalue weighted by molar-refractivity contribution is -0.139. The summed E-state index contributed by atoms with van der Waals surface area (Å²) < 4.78 is 5.72. The quantitative estimate of drug-likeness (QED) is 0.856. The van der Waals surface area contributed by atoms with Gasteiger partial charge in [0.2, 0.25) is 5.91 Å². The van der Waals surface area contributed by atoms with Crippen LogP contribution in [0.15, 0.2) is 34.7 Å². The van der Waals surface area contributed by atoms with E-state index < -0.39 is 11.4 Å². The van der Waals surface area contributed by atoms with Crippen LogP contribution in [-0.2, 0) is 9.59 Å². The Morgan fingerprint density at radius 3 is 2.59 bits per heavy atom. The Morgan fingerprint density at radius 2 is 1.95 bits per heavy atom. The van der Waals surface area contributed by atoms with Crippen molar-refractivity contribution >= 4 is 22.8 Å². The number of hydrogen-bond acceptors (Lipinski definition) is 3. The number of carboxylic acid groups (broad SMARTS) is 1. The smallest absolute Gasteiger partial charge is 0.303 e. The Labute approximate surface area is 129 Å². The molecule has 0 saturated heterocycles. The summed E-state index contributed by atoms with van der Waals surface area (Å²) in [7, 11) is 0. The van der Waals surface area contributed by atoms with Crippen LogP contribution in [-0.4, -0.2) is 17.0 Å². The molecule has 1 aromatic carbocycles. The van der Waals surface area contributed by atoms with Crippen LogP contribution in [0, 0.1) is 5.41 Å². The summed E-state index contributed by atoms with van der Waals surface area (Å²) in [5.74, 6) is -0.395. The standard InChI is InChI=1S/C17H21NO4/c1-11(14-8-12-6-4-5-7-13(12)22-14)18-15(19)9-17(2,3)10-16(20)21/h4-8,11H,9-10H2,1-3H3,(H,18,19)(H,20,21)/t11-/m1/s1. The van der Waals surface area contributed by atoms with Gasteiger partial charge in [-0.05, 0) is 24.5 Å². The number of nitrogens with one attached hydrogen (secondary N) is 1. The van der Waals surface area contributed by atoms with E-state index in [2.05, 4.69) is 5.32 Å². The van der Waals surface area contributed by atoms with E-state index in [1.807, 2.05) is 37.3 Å². The first-order chi connectivity index (χ1) is 10.3. The number of benzene rings is 1. The van der Waals surface area contributed by atoms with E-state index in [0.29, 0.717) is 5.76 Å². The molecule has 5 heteroatoms. The molecule has 0 aliphatic heterocycles. The first-order valence-electron chi connectivity index (χ1n) is 7.26. The number of fused-ring (bicyclic) bond motifs is 1. The van der Waals surface area contributed by atoms with Gasteiger partial charge in [0.05, 0.1) is 12.5 Å². The van der Waals surface area contributed by atoms with E-state index in [4.69, 9.17) is 9.52 Å². The van der Waals surface area contributed by atoms with Crippen molar-refractivity contribution in [2.75, 3.05) is 0 Å². The van der Waals surface area contributed by atoms with Gasteiger partial charge in [-0.15, -0.1) is 0 Å². The molecular formula is C17H21NO4. The molecule has 0 saturated carbocycles. The third kappa shape index (κ3) is 4.10. The summed E-state index contributed by atoms with van der Waals surface area (Å²) >= 11 is 0. The van der Waals surface area contributed by atoms with Crippen molar-refractivity contribution in [3.63, 3.8) is 0 Å². The first-order valence-corrected chi connectivity index (χ1v) is 7.26. The number of para-hydroxylation sites is 1. The minimum Gasteiger partial charge on any atom is -0.481 e. The van der Waals surface area contributed by atoms with E-state index in [0.717, 1.165) is 11.0 Å². The molecule has 0 unspecified atom stereocenters. The van der Waals surface area contributed by atoms with Gasteiger partial charge in [0.1, 0.15) is 11.3 Å². The van der Waals surface area contributed by atoms with Crippen LogP contribution >= 0.6 is 0 Å². The molecule has 5 nitrogen and oxygen atoms in total. The van der Waals surface area contributed by atoms with Crippen LogP contribution in [0.4, 0.5) is 0 Å². The molecule has 0 bridgehead atoms. The average Bonchev–Trinajstić information content (AvgIpc) is 2.79. The van der Waals surface area contributed by atoms with Crippen LogP contribution in [0.25, 0.3) is 11.0 Å². The maximum Gasteiger partial charge on any atom is 0.303 e. The maximum absolute atomic E-state index is 12.1. The Hall–Kier alpha value is -2.30. The van der Waals surface area contributed by atoms with Crippen molar-refractivity contribution in [2.24, 2.45) is 5.41 Å². The van der Waals surface area contributed by atoms with Gasteiger partial charge in [-0.1, -0.05) is 32.0 Å². The molecule has 1 amide bonds. The predicted molar refractivity (Wildman–Crippen MR) is 83.4 cm³/mol. The molecule has 2 aromatic rings. The van der Waals surface area contributed by atoms with Crippen molar-refractivity contribution in [1.29, 1.82) is 0 Å². The zero-order valence-corrected chi connectivity index (χ0v) is 13.1. The van der Waals surface area contributed by atoms with Crippen molar-refractivity contribution in [1.82, 2.24) is 5.32 Å². The Bertz CT molecular complexity index is 654. The number of hydrogen-bond donors (Lipinski definition) is 2. The average molecular weight is 303 g/mol. The largest absolute Gasteiger partial charge is 0.481 e. The van der Waals surface area contributed by atoms with E-state index in [1.165, 1.54) is 0 Å². The second kappa shape index (κ2) is 6.22. The summed E-state index contributed by atoms with van der Waals surface area (Å²) in [6.45, 7) is 5.39.